The standard InChI is InChI=1S/C22H19ClN2O5S/c1-2-28-21(27)9-10-25-16-11-17-18(30-13-29-17)12-19(16)31-22(25)24-20(26)8-7-14-5-3-4-6-15(14)23/h3-8,11-12H,2,9-10,13H2,1H3/b8-7+,24-22?. The molecule has 0 saturated heterocycles. The molecule has 4 rings (SSSR count). The van der Waals surface area contributed by atoms with Crippen LogP contribution in [0.5, 0.6) is 11.5 Å². The molecule has 0 fully saturated rings. The summed E-state index contributed by atoms with van der Waals surface area (Å²) in [6.07, 6.45) is 3.15. The third-order valence-corrected chi connectivity index (χ3v) is 5.92. The van der Waals surface area contributed by atoms with Gasteiger partial charge in [-0.05, 0) is 24.6 Å². The van der Waals surface area contributed by atoms with E-state index in [2.05, 4.69) is 4.99 Å². The predicted molar refractivity (Wildman–Crippen MR) is 118 cm³/mol. The molecule has 0 spiro atoms. The highest BCUT2D eigenvalue weighted by Crippen LogP contribution is 2.37. The molecule has 2 heterocycles. The largest absolute Gasteiger partial charge is 0.466 e. The lowest BCUT2D eigenvalue weighted by Gasteiger charge is -2.06. The van der Waals surface area contributed by atoms with Crippen molar-refractivity contribution in [2.75, 3.05) is 13.4 Å². The number of hydrogen-bond acceptors (Lipinski definition) is 6. The van der Waals surface area contributed by atoms with Gasteiger partial charge in [-0.3, -0.25) is 9.59 Å². The first-order chi connectivity index (χ1) is 15.0. The van der Waals surface area contributed by atoms with Gasteiger partial charge >= 0.3 is 5.97 Å². The van der Waals surface area contributed by atoms with Crippen LogP contribution in [0.1, 0.15) is 18.9 Å². The Morgan fingerprint density at radius 3 is 2.81 bits per heavy atom. The van der Waals surface area contributed by atoms with Gasteiger partial charge < -0.3 is 18.8 Å². The third-order valence-electron chi connectivity index (χ3n) is 4.54. The van der Waals surface area contributed by atoms with Crippen molar-refractivity contribution in [3.05, 3.63) is 57.9 Å². The molecule has 1 aromatic heterocycles. The van der Waals surface area contributed by atoms with Gasteiger partial charge in [-0.25, -0.2) is 0 Å². The maximum atomic E-state index is 12.5. The van der Waals surface area contributed by atoms with Crippen molar-refractivity contribution >= 4 is 51.1 Å². The van der Waals surface area contributed by atoms with Crippen molar-refractivity contribution in [1.29, 1.82) is 0 Å². The molecule has 0 unspecified atom stereocenters. The number of thiazole rings is 1. The van der Waals surface area contributed by atoms with Crippen molar-refractivity contribution in [1.82, 2.24) is 4.57 Å². The van der Waals surface area contributed by atoms with Crippen LogP contribution >= 0.6 is 22.9 Å². The van der Waals surface area contributed by atoms with Gasteiger partial charge in [-0.1, -0.05) is 41.1 Å². The Hall–Kier alpha value is -3.10. The van der Waals surface area contributed by atoms with E-state index in [9.17, 15) is 9.59 Å². The van der Waals surface area contributed by atoms with E-state index in [1.165, 1.54) is 17.4 Å². The number of nitrogens with zero attached hydrogens (tertiary/aromatic N) is 2. The SMILES string of the molecule is CCOC(=O)CCn1c(=NC(=O)/C=C/c2ccccc2Cl)sc2cc3c(cc21)OCO3. The number of aromatic nitrogens is 1. The van der Waals surface area contributed by atoms with E-state index in [1.54, 1.807) is 19.1 Å². The van der Waals surface area contributed by atoms with Crippen LogP contribution in [0.25, 0.3) is 16.3 Å². The topological polar surface area (TPSA) is 79.1 Å². The van der Waals surface area contributed by atoms with Gasteiger partial charge in [0.2, 0.25) is 6.79 Å². The van der Waals surface area contributed by atoms with Crippen molar-refractivity contribution in [2.24, 2.45) is 4.99 Å². The van der Waals surface area contributed by atoms with E-state index < -0.39 is 5.91 Å². The van der Waals surface area contributed by atoms with E-state index in [4.69, 9.17) is 25.8 Å². The molecule has 9 heteroatoms. The second kappa shape index (κ2) is 9.36. The number of esters is 1. The molecule has 0 bridgehead atoms. The van der Waals surface area contributed by atoms with Crippen molar-refractivity contribution < 1.29 is 23.8 Å². The molecule has 0 radical (unpaired) electrons. The molecule has 0 saturated carbocycles. The molecule has 7 nitrogen and oxygen atoms in total. The summed E-state index contributed by atoms with van der Waals surface area (Å²) in [6, 6.07) is 10.9. The maximum absolute atomic E-state index is 12.5. The van der Waals surface area contributed by atoms with E-state index in [1.807, 2.05) is 34.9 Å². The molecule has 31 heavy (non-hydrogen) atoms. The Morgan fingerprint density at radius 1 is 1.26 bits per heavy atom. The molecule has 160 valence electrons. The van der Waals surface area contributed by atoms with Crippen molar-refractivity contribution in [3.63, 3.8) is 0 Å². The third kappa shape index (κ3) is 4.81. The second-order valence-electron chi connectivity index (χ2n) is 6.57. The first-order valence-corrected chi connectivity index (χ1v) is 10.8. The Kier molecular flexibility index (Phi) is 6.39. The highest BCUT2D eigenvalue weighted by atomic mass is 35.5. The number of aryl methyl sites for hydroxylation is 1. The van der Waals surface area contributed by atoms with Crippen LogP contribution in [0.2, 0.25) is 5.02 Å². The van der Waals surface area contributed by atoms with Gasteiger partial charge in [0.25, 0.3) is 5.91 Å². The molecule has 1 amide bonds. The summed E-state index contributed by atoms with van der Waals surface area (Å²) in [7, 11) is 0. The van der Waals surface area contributed by atoms with Crippen LogP contribution in [0.3, 0.4) is 0 Å². The zero-order valence-corrected chi connectivity index (χ0v) is 18.2. The van der Waals surface area contributed by atoms with Crippen LogP contribution < -0.4 is 14.3 Å². The van der Waals surface area contributed by atoms with Crippen molar-refractivity contribution in [2.45, 2.75) is 19.9 Å². The minimum absolute atomic E-state index is 0.158. The zero-order chi connectivity index (χ0) is 21.8. The number of benzene rings is 2. The molecule has 0 aliphatic carbocycles. The summed E-state index contributed by atoms with van der Waals surface area (Å²) >= 11 is 7.47. The monoisotopic (exact) mass is 458 g/mol. The second-order valence-corrected chi connectivity index (χ2v) is 7.99. The van der Waals surface area contributed by atoms with Gasteiger partial charge in [0, 0.05) is 29.8 Å². The van der Waals surface area contributed by atoms with Gasteiger partial charge in [-0.15, -0.1) is 0 Å². The number of hydrogen-bond donors (Lipinski definition) is 0. The summed E-state index contributed by atoms with van der Waals surface area (Å²) in [5, 5.41) is 0.549. The van der Waals surface area contributed by atoms with Gasteiger partial charge in [0.05, 0.1) is 23.2 Å². The highest BCUT2D eigenvalue weighted by molar-refractivity contribution is 7.16. The van der Waals surface area contributed by atoms with E-state index in [0.29, 0.717) is 34.5 Å². The Morgan fingerprint density at radius 2 is 2.03 bits per heavy atom. The lowest BCUT2D eigenvalue weighted by atomic mass is 10.2. The number of amides is 1. The fourth-order valence-corrected chi connectivity index (χ4v) is 4.37. The minimum Gasteiger partial charge on any atom is -0.466 e. The van der Waals surface area contributed by atoms with Crippen LogP contribution in [0.15, 0.2) is 47.5 Å². The van der Waals surface area contributed by atoms with E-state index in [-0.39, 0.29) is 19.2 Å². The number of ether oxygens (including phenoxy) is 3. The molecule has 0 atom stereocenters. The smallest absolute Gasteiger partial charge is 0.307 e. The number of rotatable bonds is 6. The predicted octanol–water partition coefficient (Wildman–Crippen LogP) is 4.18. The summed E-state index contributed by atoms with van der Waals surface area (Å²) in [4.78, 5) is 29.1. The molecule has 1 aliphatic rings. The highest BCUT2D eigenvalue weighted by Gasteiger charge is 2.18. The van der Waals surface area contributed by atoms with E-state index >= 15 is 0 Å². The Labute approximate surface area is 187 Å². The van der Waals surface area contributed by atoms with Crippen molar-refractivity contribution in [3.8, 4) is 11.5 Å². The quantitative estimate of drug-likeness (QED) is 0.409. The van der Waals surface area contributed by atoms with Gasteiger partial charge in [-0.2, -0.15) is 4.99 Å². The zero-order valence-electron chi connectivity index (χ0n) is 16.7. The van der Waals surface area contributed by atoms with Crippen LogP contribution in [0.4, 0.5) is 0 Å². The normalized spacial score (nSPS) is 13.3. The molecule has 0 N–H and O–H groups in total. The Bertz CT molecular complexity index is 1240. The summed E-state index contributed by atoms with van der Waals surface area (Å²) in [6.45, 7) is 2.56. The number of carbonyl (C=O) groups is 2. The van der Waals surface area contributed by atoms with Crippen LogP contribution in [0, 0.1) is 0 Å². The molecular formula is C22H19ClN2O5S. The number of carbonyl (C=O) groups excluding carboxylic acids is 2. The maximum Gasteiger partial charge on any atom is 0.307 e. The summed E-state index contributed by atoms with van der Waals surface area (Å²) in [5.41, 5.74) is 1.53. The van der Waals surface area contributed by atoms with Crippen LogP contribution in [-0.2, 0) is 20.9 Å². The van der Waals surface area contributed by atoms with E-state index in [0.717, 1.165) is 15.8 Å². The average Bonchev–Trinajstić information content (AvgIpc) is 3.33. The molecule has 3 aromatic rings. The number of halogens is 1. The van der Waals surface area contributed by atoms with Gasteiger partial charge in [0.15, 0.2) is 16.3 Å². The lowest BCUT2D eigenvalue weighted by molar-refractivity contribution is -0.143. The van der Waals surface area contributed by atoms with Crippen LogP contribution in [-0.4, -0.2) is 29.8 Å². The average molecular weight is 459 g/mol. The minimum atomic E-state index is -0.434. The fraction of sp³-hybridized carbons (Fsp3) is 0.227. The first kappa shape index (κ1) is 21.1. The summed E-state index contributed by atoms with van der Waals surface area (Å²) < 4.78 is 18.6. The first-order valence-electron chi connectivity index (χ1n) is 9.65. The summed E-state index contributed by atoms with van der Waals surface area (Å²) in [5.74, 6) is 0.511. The molecule has 1 aliphatic heterocycles. The molecular weight excluding hydrogens is 440 g/mol. The fourth-order valence-electron chi connectivity index (χ4n) is 3.10. The van der Waals surface area contributed by atoms with Gasteiger partial charge in [0.1, 0.15) is 0 Å². The Balaban J connectivity index is 1.69. The number of fused-ring (bicyclic) bond motifs is 2. The molecule has 2 aromatic carbocycles. The lowest BCUT2D eigenvalue weighted by Crippen LogP contribution is -2.19.